The van der Waals surface area contributed by atoms with Gasteiger partial charge in [0.2, 0.25) is 5.91 Å². The first kappa shape index (κ1) is 28.4. The van der Waals surface area contributed by atoms with E-state index in [0.29, 0.717) is 24.0 Å². The number of ether oxygens (including phenoxy) is 1. The maximum absolute atomic E-state index is 13.4. The quantitative estimate of drug-likeness (QED) is 0.240. The van der Waals surface area contributed by atoms with E-state index < -0.39 is 17.8 Å². The second-order valence-electron chi connectivity index (χ2n) is 8.03. The fourth-order valence-corrected chi connectivity index (χ4v) is 3.73. The number of halogens is 4. The summed E-state index contributed by atoms with van der Waals surface area (Å²) in [6.07, 6.45) is -3.78. The third kappa shape index (κ3) is 6.40. The van der Waals surface area contributed by atoms with Crippen molar-refractivity contribution in [3.63, 3.8) is 0 Å². The van der Waals surface area contributed by atoms with Crippen molar-refractivity contribution < 1.29 is 27.5 Å². The number of hydrogen-bond donors (Lipinski definition) is 1. The molecular formula is C26H23ClF3N5O3. The molecule has 2 aromatic carbocycles. The number of benzene rings is 2. The van der Waals surface area contributed by atoms with Gasteiger partial charge in [-0.2, -0.15) is 18.4 Å². The van der Waals surface area contributed by atoms with Crippen LogP contribution in [0.1, 0.15) is 35.0 Å². The number of nitriles is 1. The lowest BCUT2D eigenvalue weighted by Crippen LogP contribution is -2.37. The number of rotatable bonds is 8. The molecule has 12 heteroatoms. The third-order valence-electron chi connectivity index (χ3n) is 5.58. The van der Waals surface area contributed by atoms with E-state index in [0.717, 1.165) is 11.2 Å². The Bertz CT molecular complexity index is 1390. The molecule has 3 rings (SSSR count). The smallest absolute Gasteiger partial charge is 0.433 e. The van der Waals surface area contributed by atoms with Crippen molar-refractivity contribution in [1.82, 2.24) is 9.99 Å². The molecule has 0 radical (unpaired) electrons. The molecule has 0 saturated heterocycles. The Morgan fingerprint density at radius 2 is 1.87 bits per heavy atom. The summed E-state index contributed by atoms with van der Waals surface area (Å²) in [6, 6.07) is 13.3. The minimum Gasteiger partial charge on any atom is -0.491 e. The number of alkyl halides is 3. The normalized spacial score (nSPS) is 11.0. The fourth-order valence-electron chi connectivity index (χ4n) is 3.51. The summed E-state index contributed by atoms with van der Waals surface area (Å²) in [4.78, 5) is 30.0. The Morgan fingerprint density at radius 3 is 2.53 bits per heavy atom. The Kier molecular flexibility index (Phi) is 8.93. The maximum Gasteiger partial charge on any atom is 0.433 e. The number of para-hydroxylation sites is 2. The van der Waals surface area contributed by atoms with Crippen LogP contribution in [-0.4, -0.2) is 42.0 Å². The molecule has 0 spiro atoms. The number of nitrogens with zero attached hydrogens (tertiary/aromatic N) is 4. The lowest BCUT2D eigenvalue weighted by Gasteiger charge is -2.22. The van der Waals surface area contributed by atoms with Crippen molar-refractivity contribution in [3.8, 4) is 22.9 Å². The average Bonchev–Trinajstić information content (AvgIpc) is 2.91. The fraction of sp³-hybridized carbons (Fsp3) is 0.231. The number of amides is 2. The standard InChI is InChI=1S/C26H23ClF3N5O3/c1-3-35(32)24(36)10-11-38-22-7-5-4-6-21(22)34(2)25(37)16-8-9-20(27)18(12-16)19-15-33-23(26(28,29)30)13-17(19)14-31/h4-9,12-13,15H,3,10-11,32H2,1-2H3. The van der Waals surface area contributed by atoms with Crippen LogP contribution >= 0.6 is 11.6 Å². The summed E-state index contributed by atoms with van der Waals surface area (Å²) in [6.45, 7) is 2.13. The van der Waals surface area contributed by atoms with E-state index >= 15 is 0 Å². The minimum atomic E-state index is -4.73. The number of pyridine rings is 1. The number of hydrazine groups is 1. The van der Waals surface area contributed by atoms with Gasteiger partial charge in [-0.25, -0.2) is 5.84 Å². The molecule has 198 valence electrons. The topological polar surface area (TPSA) is 113 Å². The van der Waals surface area contributed by atoms with Gasteiger partial charge in [-0.15, -0.1) is 0 Å². The van der Waals surface area contributed by atoms with Gasteiger partial charge in [-0.1, -0.05) is 23.7 Å². The van der Waals surface area contributed by atoms with Crippen molar-refractivity contribution in [1.29, 1.82) is 5.26 Å². The zero-order valence-corrected chi connectivity index (χ0v) is 21.2. The molecule has 3 aromatic rings. The lowest BCUT2D eigenvalue weighted by molar-refractivity contribution is -0.141. The van der Waals surface area contributed by atoms with Crippen LogP contribution in [0.15, 0.2) is 54.7 Å². The summed E-state index contributed by atoms with van der Waals surface area (Å²) in [5.41, 5.74) is -0.711. The number of nitrogens with two attached hydrogens (primary N) is 1. The highest BCUT2D eigenvalue weighted by atomic mass is 35.5. The number of carbonyl (C=O) groups excluding carboxylic acids is 2. The van der Waals surface area contributed by atoms with E-state index in [1.54, 1.807) is 37.3 Å². The van der Waals surface area contributed by atoms with Gasteiger partial charge in [-0.05, 0) is 43.3 Å². The summed E-state index contributed by atoms with van der Waals surface area (Å²) >= 11 is 6.29. The number of anilines is 1. The molecule has 2 N–H and O–H groups in total. The van der Waals surface area contributed by atoms with Crippen molar-refractivity contribution in [3.05, 3.63) is 76.6 Å². The SMILES string of the molecule is CCN(N)C(=O)CCOc1ccccc1N(C)C(=O)c1ccc(Cl)c(-c2cnc(C(F)(F)F)cc2C#N)c1. The van der Waals surface area contributed by atoms with Gasteiger partial charge in [0.05, 0.1) is 30.3 Å². The van der Waals surface area contributed by atoms with Crippen molar-refractivity contribution in [2.75, 3.05) is 25.1 Å². The van der Waals surface area contributed by atoms with E-state index in [9.17, 15) is 28.0 Å². The average molecular weight is 546 g/mol. The molecule has 0 unspecified atom stereocenters. The monoisotopic (exact) mass is 545 g/mol. The first-order valence-electron chi connectivity index (χ1n) is 11.3. The third-order valence-corrected chi connectivity index (χ3v) is 5.91. The summed E-state index contributed by atoms with van der Waals surface area (Å²) in [5.74, 6) is 5.16. The Labute approximate surface area is 222 Å². The van der Waals surface area contributed by atoms with Crippen LogP contribution in [0.25, 0.3) is 11.1 Å². The Hall–Kier alpha value is -4.14. The van der Waals surface area contributed by atoms with Gasteiger partial charge in [0, 0.05) is 41.5 Å². The zero-order chi connectivity index (χ0) is 28.0. The van der Waals surface area contributed by atoms with Crippen molar-refractivity contribution >= 4 is 29.1 Å². The first-order valence-corrected chi connectivity index (χ1v) is 11.7. The highest BCUT2D eigenvalue weighted by Gasteiger charge is 2.33. The number of aromatic nitrogens is 1. The highest BCUT2D eigenvalue weighted by molar-refractivity contribution is 6.33. The van der Waals surface area contributed by atoms with Gasteiger partial charge in [0.1, 0.15) is 11.4 Å². The van der Waals surface area contributed by atoms with Crippen LogP contribution in [0.5, 0.6) is 5.75 Å². The van der Waals surface area contributed by atoms with Gasteiger partial charge in [-0.3, -0.25) is 19.6 Å². The molecule has 0 saturated carbocycles. The second-order valence-corrected chi connectivity index (χ2v) is 8.44. The maximum atomic E-state index is 13.4. The Balaban J connectivity index is 1.89. The van der Waals surface area contributed by atoms with Crippen molar-refractivity contribution in [2.45, 2.75) is 19.5 Å². The minimum absolute atomic E-state index is 0.0362. The zero-order valence-electron chi connectivity index (χ0n) is 20.4. The Morgan fingerprint density at radius 1 is 1.16 bits per heavy atom. The van der Waals surface area contributed by atoms with Crippen LogP contribution in [0, 0.1) is 11.3 Å². The molecule has 0 aliphatic rings. The molecule has 38 heavy (non-hydrogen) atoms. The summed E-state index contributed by atoms with van der Waals surface area (Å²) < 4.78 is 44.9. The van der Waals surface area contributed by atoms with Crippen molar-refractivity contribution in [2.24, 2.45) is 5.84 Å². The molecule has 1 heterocycles. The molecule has 8 nitrogen and oxygen atoms in total. The number of hydrogen-bond acceptors (Lipinski definition) is 6. The van der Waals surface area contributed by atoms with Gasteiger partial charge < -0.3 is 9.64 Å². The van der Waals surface area contributed by atoms with E-state index in [4.69, 9.17) is 22.2 Å². The predicted molar refractivity (Wildman–Crippen MR) is 135 cm³/mol. The molecule has 2 amide bonds. The van der Waals surface area contributed by atoms with Gasteiger partial charge in [0.25, 0.3) is 5.91 Å². The molecule has 1 aromatic heterocycles. The van der Waals surface area contributed by atoms with E-state index in [1.807, 2.05) is 0 Å². The van der Waals surface area contributed by atoms with E-state index in [2.05, 4.69) is 4.98 Å². The largest absolute Gasteiger partial charge is 0.491 e. The van der Waals surface area contributed by atoms with Crippen LogP contribution in [-0.2, 0) is 11.0 Å². The summed E-state index contributed by atoms with van der Waals surface area (Å²) in [5, 5.41) is 10.6. The van der Waals surface area contributed by atoms with Crippen LogP contribution in [0.4, 0.5) is 18.9 Å². The lowest BCUT2D eigenvalue weighted by atomic mass is 9.99. The molecule has 0 fully saturated rings. The van der Waals surface area contributed by atoms with Crippen LogP contribution in [0.2, 0.25) is 5.02 Å². The van der Waals surface area contributed by atoms with Crippen LogP contribution in [0.3, 0.4) is 0 Å². The summed E-state index contributed by atoms with van der Waals surface area (Å²) in [7, 11) is 1.52. The second kappa shape index (κ2) is 11.9. The molecular weight excluding hydrogens is 523 g/mol. The predicted octanol–water partition coefficient (Wildman–Crippen LogP) is 5.06. The molecule has 0 aliphatic heterocycles. The number of carbonyl (C=O) groups is 2. The van der Waals surface area contributed by atoms with Gasteiger partial charge >= 0.3 is 6.18 Å². The molecule has 0 bridgehead atoms. The van der Waals surface area contributed by atoms with Crippen LogP contribution < -0.4 is 15.5 Å². The molecule has 0 aliphatic carbocycles. The van der Waals surface area contributed by atoms with E-state index in [-0.39, 0.29) is 46.2 Å². The highest BCUT2D eigenvalue weighted by Crippen LogP contribution is 2.35. The first-order chi connectivity index (χ1) is 18.0. The van der Waals surface area contributed by atoms with E-state index in [1.165, 1.54) is 30.1 Å². The molecule has 0 atom stereocenters. The van der Waals surface area contributed by atoms with Gasteiger partial charge in [0.15, 0.2) is 0 Å².